The van der Waals surface area contributed by atoms with Crippen LogP contribution in [-0.4, -0.2) is 30.0 Å². The minimum absolute atomic E-state index is 0.239. The van der Waals surface area contributed by atoms with Gasteiger partial charge in [-0.25, -0.2) is 4.39 Å². The Morgan fingerprint density at radius 2 is 2.33 bits per heavy atom. The summed E-state index contributed by atoms with van der Waals surface area (Å²) in [6, 6.07) is 5.56. The summed E-state index contributed by atoms with van der Waals surface area (Å²) in [7, 11) is 0. The largest absolute Gasteiger partial charge is 0.296 e. The van der Waals surface area contributed by atoms with E-state index in [0.29, 0.717) is 6.04 Å². The second kappa shape index (κ2) is 6.78. The molecule has 1 aromatic rings. The summed E-state index contributed by atoms with van der Waals surface area (Å²) in [4.78, 5) is 2.50. The molecule has 4 heteroatoms. The molecule has 18 heavy (non-hydrogen) atoms. The van der Waals surface area contributed by atoms with Crippen molar-refractivity contribution in [2.75, 3.05) is 25.1 Å². The summed E-state index contributed by atoms with van der Waals surface area (Å²) >= 11 is 7.76. The van der Waals surface area contributed by atoms with E-state index in [9.17, 15) is 4.39 Å². The molecule has 1 aliphatic heterocycles. The van der Waals surface area contributed by atoms with E-state index < -0.39 is 0 Å². The van der Waals surface area contributed by atoms with Gasteiger partial charge in [-0.2, -0.15) is 11.8 Å². The van der Waals surface area contributed by atoms with E-state index in [1.807, 2.05) is 17.8 Å². The van der Waals surface area contributed by atoms with Crippen molar-refractivity contribution in [3.8, 4) is 0 Å². The van der Waals surface area contributed by atoms with E-state index in [4.69, 9.17) is 11.6 Å². The quantitative estimate of drug-likeness (QED) is 0.740. The molecule has 0 bridgehead atoms. The summed E-state index contributed by atoms with van der Waals surface area (Å²) in [5.74, 6) is 0.875. The highest BCUT2D eigenvalue weighted by molar-refractivity contribution is 7.98. The Bertz CT molecular complexity index is 399. The molecule has 0 saturated carbocycles. The maximum absolute atomic E-state index is 13.2. The predicted octanol–water partition coefficient (Wildman–Crippen LogP) is 4.37. The third kappa shape index (κ3) is 3.40. The standard InChI is InChI=1S/C14H19ClFNS/c1-18-9-3-8-17-7-2-4-14(17)11-5-6-13(16)12(15)10-11/h5-6,10,14H,2-4,7-9H2,1H3/t14-/m0/s1. The Kier molecular flexibility index (Phi) is 5.34. The van der Waals surface area contributed by atoms with Crippen molar-refractivity contribution in [3.05, 3.63) is 34.6 Å². The zero-order chi connectivity index (χ0) is 13.0. The van der Waals surface area contributed by atoms with Crippen LogP contribution in [0.2, 0.25) is 5.02 Å². The van der Waals surface area contributed by atoms with E-state index >= 15 is 0 Å². The van der Waals surface area contributed by atoms with Crippen molar-refractivity contribution >= 4 is 23.4 Å². The lowest BCUT2D eigenvalue weighted by Gasteiger charge is -2.24. The van der Waals surface area contributed by atoms with Gasteiger partial charge in [0.1, 0.15) is 5.82 Å². The molecule has 0 radical (unpaired) electrons. The molecule has 0 N–H and O–H groups in total. The van der Waals surface area contributed by atoms with Crippen molar-refractivity contribution in [3.63, 3.8) is 0 Å². The molecule has 100 valence electrons. The van der Waals surface area contributed by atoms with Crippen molar-refractivity contribution in [1.29, 1.82) is 0 Å². The van der Waals surface area contributed by atoms with Crippen LogP contribution in [0.1, 0.15) is 30.9 Å². The highest BCUT2D eigenvalue weighted by Gasteiger charge is 2.25. The molecule has 1 aromatic carbocycles. The first-order valence-electron chi connectivity index (χ1n) is 6.40. The molecule has 0 spiro atoms. The van der Waals surface area contributed by atoms with Gasteiger partial charge in [-0.1, -0.05) is 17.7 Å². The van der Waals surface area contributed by atoms with Crippen molar-refractivity contribution < 1.29 is 4.39 Å². The fraction of sp³-hybridized carbons (Fsp3) is 0.571. The molecule has 1 heterocycles. The van der Waals surface area contributed by atoms with Gasteiger partial charge in [0.15, 0.2) is 0 Å². The number of halogens is 2. The molecule has 1 nitrogen and oxygen atoms in total. The SMILES string of the molecule is CSCCCN1CCC[C@H]1c1ccc(F)c(Cl)c1. The summed E-state index contributed by atoms with van der Waals surface area (Å²) < 4.78 is 13.2. The monoisotopic (exact) mass is 287 g/mol. The van der Waals surface area contributed by atoms with Crippen LogP contribution in [0.25, 0.3) is 0 Å². The zero-order valence-electron chi connectivity index (χ0n) is 10.7. The number of likely N-dealkylation sites (tertiary alicyclic amines) is 1. The van der Waals surface area contributed by atoms with Crippen LogP contribution in [-0.2, 0) is 0 Å². The molecule has 1 atom stereocenters. The predicted molar refractivity (Wildman–Crippen MR) is 78.0 cm³/mol. The first kappa shape index (κ1) is 14.2. The van der Waals surface area contributed by atoms with Crippen LogP contribution in [0, 0.1) is 5.82 Å². The first-order valence-corrected chi connectivity index (χ1v) is 8.17. The number of benzene rings is 1. The molecular formula is C14H19ClFNS. The fourth-order valence-corrected chi connectivity index (χ4v) is 3.21. The Morgan fingerprint density at radius 3 is 3.06 bits per heavy atom. The van der Waals surface area contributed by atoms with Gasteiger partial charge in [-0.15, -0.1) is 0 Å². The Balaban J connectivity index is 2.03. The number of nitrogens with zero attached hydrogens (tertiary/aromatic N) is 1. The normalized spacial score (nSPS) is 20.5. The number of rotatable bonds is 5. The van der Waals surface area contributed by atoms with Gasteiger partial charge in [0.2, 0.25) is 0 Å². The van der Waals surface area contributed by atoms with E-state index in [0.717, 1.165) is 25.1 Å². The molecular weight excluding hydrogens is 269 g/mol. The van der Waals surface area contributed by atoms with Crippen molar-refractivity contribution in [1.82, 2.24) is 4.90 Å². The maximum atomic E-state index is 13.2. The molecule has 2 rings (SSSR count). The number of hydrogen-bond acceptors (Lipinski definition) is 2. The lowest BCUT2D eigenvalue weighted by atomic mass is 10.0. The summed E-state index contributed by atoms with van der Waals surface area (Å²) in [6.07, 6.45) is 5.73. The van der Waals surface area contributed by atoms with Gasteiger partial charge < -0.3 is 0 Å². The lowest BCUT2D eigenvalue weighted by molar-refractivity contribution is 0.258. The van der Waals surface area contributed by atoms with E-state index in [2.05, 4.69) is 11.2 Å². The molecule has 0 amide bonds. The maximum Gasteiger partial charge on any atom is 0.141 e. The van der Waals surface area contributed by atoms with Crippen molar-refractivity contribution in [2.45, 2.75) is 25.3 Å². The van der Waals surface area contributed by atoms with Crippen LogP contribution < -0.4 is 0 Å². The van der Waals surface area contributed by atoms with Crippen LogP contribution in [0.3, 0.4) is 0 Å². The van der Waals surface area contributed by atoms with Crippen LogP contribution >= 0.6 is 23.4 Å². The second-order valence-electron chi connectivity index (χ2n) is 4.71. The second-order valence-corrected chi connectivity index (χ2v) is 6.11. The topological polar surface area (TPSA) is 3.24 Å². The number of hydrogen-bond donors (Lipinski definition) is 0. The molecule has 1 saturated heterocycles. The van der Waals surface area contributed by atoms with Gasteiger partial charge in [0, 0.05) is 6.04 Å². The third-order valence-electron chi connectivity index (χ3n) is 3.49. The van der Waals surface area contributed by atoms with Gasteiger partial charge in [-0.05, 0) is 62.1 Å². The molecule has 0 aliphatic carbocycles. The minimum Gasteiger partial charge on any atom is -0.296 e. The van der Waals surface area contributed by atoms with Crippen LogP contribution in [0.15, 0.2) is 18.2 Å². The van der Waals surface area contributed by atoms with E-state index in [1.165, 1.54) is 24.7 Å². The zero-order valence-corrected chi connectivity index (χ0v) is 12.2. The smallest absolute Gasteiger partial charge is 0.141 e. The Morgan fingerprint density at radius 1 is 1.50 bits per heavy atom. The van der Waals surface area contributed by atoms with E-state index in [1.54, 1.807) is 6.07 Å². The van der Waals surface area contributed by atoms with Crippen LogP contribution in [0.5, 0.6) is 0 Å². The summed E-state index contributed by atoms with van der Waals surface area (Å²) in [6.45, 7) is 2.27. The molecule has 1 aliphatic rings. The third-order valence-corrected chi connectivity index (χ3v) is 4.47. The van der Waals surface area contributed by atoms with Gasteiger partial charge in [0.05, 0.1) is 5.02 Å². The molecule has 0 unspecified atom stereocenters. The lowest BCUT2D eigenvalue weighted by Crippen LogP contribution is -2.24. The molecule has 0 aromatic heterocycles. The molecule has 1 fully saturated rings. The first-order chi connectivity index (χ1) is 8.72. The summed E-state index contributed by atoms with van der Waals surface area (Å²) in [5.41, 5.74) is 1.16. The van der Waals surface area contributed by atoms with Gasteiger partial charge >= 0.3 is 0 Å². The number of thioether (sulfide) groups is 1. The minimum atomic E-state index is -0.327. The van der Waals surface area contributed by atoms with E-state index in [-0.39, 0.29) is 10.8 Å². The Hall–Kier alpha value is -0.250. The average molecular weight is 288 g/mol. The fourth-order valence-electron chi connectivity index (χ4n) is 2.60. The Labute approximate surface area is 118 Å². The highest BCUT2D eigenvalue weighted by atomic mass is 35.5. The van der Waals surface area contributed by atoms with Crippen LogP contribution in [0.4, 0.5) is 4.39 Å². The van der Waals surface area contributed by atoms with Crippen molar-refractivity contribution in [2.24, 2.45) is 0 Å². The summed E-state index contributed by atoms with van der Waals surface area (Å²) in [5, 5.41) is 0.239. The van der Waals surface area contributed by atoms with Gasteiger partial charge in [-0.3, -0.25) is 4.90 Å². The van der Waals surface area contributed by atoms with Gasteiger partial charge in [0.25, 0.3) is 0 Å². The average Bonchev–Trinajstić information content (AvgIpc) is 2.81. The highest BCUT2D eigenvalue weighted by Crippen LogP contribution is 2.33.